The van der Waals surface area contributed by atoms with E-state index < -0.39 is 23.7 Å². The van der Waals surface area contributed by atoms with Gasteiger partial charge in [0.25, 0.3) is 0 Å². The molecule has 39 heavy (non-hydrogen) atoms. The third-order valence-electron chi connectivity index (χ3n) is 6.13. The van der Waals surface area contributed by atoms with Crippen LogP contribution in [0.3, 0.4) is 0 Å². The summed E-state index contributed by atoms with van der Waals surface area (Å²) in [6.45, 7) is 3.75. The summed E-state index contributed by atoms with van der Waals surface area (Å²) in [6.07, 6.45) is -1.51. The molecule has 8 nitrogen and oxygen atoms in total. The lowest BCUT2D eigenvalue weighted by atomic mass is 10.1. The number of hydrogen-bond acceptors (Lipinski definition) is 4. The van der Waals surface area contributed by atoms with Crippen LogP contribution < -0.4 is 5.32 Å². The van der Waals surface area contributed by atoms with Crippen molar-refractivity contribution in [2.75, 3.05) is 32.8 Å². The number of nitrogens with zero attached hydrogens (tertiary/aromatic N) is 2. The number of alkyl halides is 3. The highest BCUT2D eigenvalue weighted by molar-refractivity contribution is 5.86. The fourth-order valence-electron chi connectivity index (χ4n) is 4.16. The van der Waals surface area contributed by atoms with E-state index in [1.165, 1.54) is 21.9 Å². The van der Waals surface area contributed by atoms with Crippen molar-refractivity contribution >= 4 is 28.8 Å². The Kier molecular flexibility index (Phi) is 10.4. The summed E-state index contributed by atoms with van der Waals surface area (Å²) in [4.78, 5) is 43.8. The first-order chi connectivity index (χ1) is 18.6. The third-order valence-corrected chi connectivity index (χ3v) is 6.13. The third kappa shape index (κ3) is 8.49. The van der Waals surface area contributed by atoms with E-state index in [0.29, 0.717) is 18.4 Å². The van der Waals surface area contributed by atoms with Gasteiger partial charge in [0, 0.05) is 36.7 Å². The van der Waals surface area contributed by atoms with E-state index >= 15 is 0 Å². The van der Waals surface area contributed by atoms with Crippen LogP contribution in [-0.4, -0.2) is 65.5 Å². The van der Waals surface area contributed by atoms with E-state index in [2.05, 4.69) is 10.3 Å². The zero-order valence-electron chi connectivity index (χ0n) is 22.0. The van der Waals surface area contributed by atoms with E-state index in [1.807, 2.05) is 37.4 Å². The molecule has 11 heteroatoms. The van der Waals surface area contributed by atoms with Crippen molar-refractivity contribution in [2.24, 2.45) is 0 Å². The molecule has 0 bridgehead atoms. The summed E-state index contributed by atoms with van der Waals surface area (Å²) in [6, 6.07) is 11.9. The molecule has 2 N–H and O–H groups in total. The Hall–Kier alpha value is -4.02. The molecule has 0 aliphatic carbocycles. The number of para-hydroxylation sites is 1. The lowest BCUT2D eigenvalue weighted by Crippen LogP contribution is -2.48. The molecule has 3 aromatic rings. The second kappa shape index (κ2) is 13.7. The smallest absolute Gasteiger partial charge is 0.416 e. The van der Waals surface area contributed by atoms with Crippen LogP contribution in [0.4, 0.5) is 18.0 Å². The van der Waals surface area contributed by atoms with Crippen LogP contribution in [0, 0.1) is 0 Å². The molecule has 1 aromatic heterocycles. The largest absolute Gasteiger partial charge is 0.465 e. The van der Waals surface area contributed by atoms with Gasteiger partial charge in [-0.05, 0) is 49.1 Å². The average Bonchev–Trinajstić information content (AvgIpc) is 3.32. The second-order valence-corrected chi connectivity index (χ2v) is 9.00. The van der Waals surface area contributed by atoms with Crippen molar-refractivity contribution in [1.29, 1.82) is 0 Å². The summed E-state index contributed by atoms with van der Waals surface area (Å²) in [5, 5.41) is 3.49. The predicted molar refractivity (Wildman–Crippen MR) is 141 cm³/mol. The van der Waals surface area contributed by atoms with Crippen LogP contribution in [0.1, 0.15) is 37.0 Å². The highest BCUT2D eigenvalue weighted by atomic mass is 19.4. The van der Waals surface area contributed by atoms with Gasteiger partial charge in [0.05, 0.1) is 12.2 Å². The van der Waals surface area contributed by atoms with Crippen LogP contribution in [0.25, 0.3) is 10.9 Å². The molecule has 0 spiro atoms. The van der Waals surface area contributed by atoms with Gasteiger partial charge >= 0.3 is 18.2 Å². The minimum atomic E-state index is -4.46. The van der Waals surface area contributed by atoms with Crippen LogP contribution >= 0.6 is 0 Å². The minimum absolute atomic E-state index is 0.0732. The number of amides is 3. The molecule has 0 aliphatic rings. The maximum Gasteiger partial charge on any atom is 0.416 e. The van der Waals surface area contributed by atoms with Gasteiger partial charge < -0.3 is 24.8 Å². The summed E-state index contributed by atoms with van der Waals surface area (Å²) >= 11 is 0. The summed E-state index contributed by atoms with van der Waals surface area (Å²) in [5.74, 6) is -0.953. The fraction of sp³-hybridized carbons (Fsp3) is 0.393. The van der Waals surface area contributed by atoms with Crippen LogP contribution in [0.5, 0.6) is 0 Å². The molecule has 0 radical (unpaired) electrons. The van der Waals surface area contributed by atoms with Crippen LogP contribution in [-0.2, 0) is 33.5 Å². The molecule has 0 fully saturated rings. The van der Waals surface area contributed by atoms with Crippen molar-refractivity contribution in [3.8, 4) is 0 Å². The number of nitrogens with one attached hydrogen (secondary N) is 2. The van der Waals surface area contributed by atoms with Gasteiger partial charge in [0.15, 0.2) is 0 Å². The molecule has 210 valence electrons. The maximum atomic E-state index is 13.5. The molecule has 0 saturated carbocycles. The van der Waals surface area contributed by atoms with E-state index in [4.69, 9.17) is 4.74 Å². The molecular formula is C28H33F3N4O4. The molecule has 0 aliphatic heterocycles. The first-order valence-electron chi connectivity index (χ1n) is 12.8. The fourth-order valence-corrected chi connectivity index (χ4v) is 4.16. The first kappa shape index (κ1) is 29.5. The Balaban J connectivity index is 1.76. The molecule has 0 unspecified atom stereocenters. The van der Waals surface area contributed by atoms with Crippen LogP contribution in [0.15, 0.2) is 54.7 Å². The van der Waals surface area contributed by atoms with Gasteiger partial charge in [-0.2, -0.15) is 13.2 Å². The van der Waals surface area contributed by atoms with Crippen molar-refractivity contribution in [3.05, 3.63) is 71.4 Å². The number of benzene rings is 2. The molecule has 3 rings (SSSR count). The van der Waals surface area contributed by atoms with Gasteiger partial charge in [-0.3, -0.25) is 9.59 Å². The van der Waals surface area contributed by atoms with E-state index in [0.717, 1.165) is 28.6 Å². The number of ether oxygens (including phenoxy) is 1. The maximum absolute atomic E-state index is 13.5. The number of carbonyl (C=O) groups excluding carboxylic acids is 3. The predicted octanol–water partition coefficient (Wildman–Crippen LogP) is 4.74. The van der Waals surface area contributed by atoms with Gasteiger partial charge in [0.1, 0.15) is 13.1 Å². The van der Waals surface area contributed by atoms with Gasteiger partial charge in [-0.25, -0.2) is 4.79 Å². The number of carbonyl (C=O) groups is 3. The Morgan fingerprint density at radius 1 is 0.974 bits per heavy atom. The van der Waals surface area contributed by atoms with E-state index in [9.17, 15) is 27.6 Å². The Bertz CT molecular complexity index is 1260. The lowest BCUT2D eigenvalue weighted by molar-refractivity contribution is -0.142. The SMILES string of the molecule is CCCN(CC(=O)N(CCc1c[nH]c2ccccc12)Cc1ccc(C(F)(F)F)cc1)C(=O)NCC(=O)OCC. The van der Waals surface area contributed by atoms with Crippen LogP contribution in [0.2, 0.25) is 0 Å². The number of urea groups is 1. The summed E-state index contributed by atoms with van der Waals surface area (Å²) < 4.78 is 43.9. The number of aromatic nitrogens is 1. The highest BCUT2D eigenvalue weighted by Crippen LogP contribution is 2.29. The monoisotopic (exact) mass is 546 g/mol. The molecule has 0 saturated heterocycles. The Morgan fingerprint density at radius 2 is 1.69 bits per heavy atom. The standard InChI is InChI=1S/C28H33F3N4O4/c1-3-14-35(27(38)33-17-26(37)39-4-2)19-25(36)34(18-20-9-11-22(12-10-20)28(29,30)31)15-13-21-16-32-24-8-6-5-7-23(21)24/h5-12,16,32H,3-4,13-15,17-19H2,1-2H3,(H,33,38). The summed E-state index contributed by atoms with van der Waals surface area (Å²) in [7, 11) is 0. The van der Waals surface area contributed by atoms with E-state index in [-0.39, 0.29) is 45.2 Å². The molecule has 3 amide bonds. The average molecular weight is 547 g/mol. The zero-order valence-corrected chi connectivity index (χ0v) is 22.0. The lowest BCUT2D eigenvalue weighted by Gasteiger charge is -2.28. The number of halogens is 3. The van der Waals surface area contributed by atoms with Crippen molar-refractivity contribution < 1.29 is 32.3 Å². The number of esters is 1. The van der Waals surface area contributed by atoms with E-state index in [1.54, 1.807) is 6.92 Å². The quantitative estimate of drug-likeness (QED) is 0.321. The Labute approximate surface area is 225 Å². The topological polar surface area (TPSA) is 94.7 Å². The molecule has 0 atom stereocenters. The Morgan fingerprint density at radius 3 is 2.36 bits per heavy atom. The highest BCUT2D eigenvalue weighted by Gasteiger charge is 2.30. The van der Waals surface area contributed by atoms with Crippen molar-refractivity contribution in [1.82, 2.24) is 20.1 Å². The van der Waals surface area contributed by atoms with Crippen molar-refractivity contribution in [2.45, 2.75) is 39.4 Å². The van der Waals surface area contributed by atoms with Gasteiger partial charge in [0.2, 0.25) is 5.91 Å². The second-order valence-electron chi connectivity index (χ2n) is 9.00. The first-order valence-corrected chi connectivity index (χ1v) is 12.8. The summed E-state index contributed by atoms with van der Waals surface area (Å²) in [5.41, 5.74) is 1.72. The number of fused-ring (bicyclic) bond motifs is 1. The number of rotatable bonds is 12. The normalized spacial score (nSPS) is 11.3. The number of H-pyrrole nitrogens is 1. The molecule has 2 aromatic carbocycles. The van der Waals surface area contributed by atoms with Gasteiger partial charge in [-0.1, -0.05) is 37.3 Å². The minimum Gasteiger partial charge on any atom is -0.465 e. The molecular weight excluding hydrogens is 513 g/mol. The van der Waals surface area contributed by atoms with Crippen molar-refractivity contribution in [3.63, 3.8) is 0 Å². The molecule has 1 heterocycles. The van der Waals surface area contributed by atoms with Gasteiger partial charge in [-0.15, -0.1) is 0 Å². The number of aromatic amines is 1. The zero-order chi connectivity index (χ0) is 28.4. The number of hydrogen-bond donors (Lipinski definition) is 2.